The molecule has 2 rings (SSSR count). The molecule has 0 amide bonds. The van der Waals surface area contributed by atoms with Crippen molar-refractivity contribution >= 4 is 11.8 Å². The Bertz CT molecular complexity index is 640. The predicted molar refractivity (Wildman–Crippen MR) is 89.1 cm³/mol. The zero-order chi connectivity index (χ0) is 16.7. The minimum absolute atomic E-state index is 0.0164. The number of rotatable bonds is 7. The van der Waals surface area contributed by atoms with Crippen LogP contribution in [0.3, 0.4) is 0 Å². The molecule has 2 aromatic rings. The van der Waals surface area contributed by atoms with Gasteiger partial charge in [-0.2, -0.15) is 0 Å². The van der Waals surface area contributed by atoms with Crippen LogP contribution in [0, 0.1) is 0 Å². The molecule has 0 aliphatic carbocycles. The van der Waals surface area contributed by atoms with Gasteiger partial charge in [0, 0.05) is 12.1 Å². The highest BCUT2D eigenvalue weighted by molar-refractivity contribution is 5.97. The predicted octanol–water partition coefficient (Wildman–Crippen LogP) is 2.93. The van der Waals surface area contributed by atoms with Gasteiger partial charge in [-0.1, -0.05) is 60.7 Å². The number of methoxy groups -OCH3 is 1. The van der Waals surface area contributed by atoms with Crippen molar-refractivity contribution < 1.29 is 14.3 Å². The first-order valence-electron chi connectivity index (χ1n) is 7.56. The second-order valence-electron chi connectivity index (χ2n) is 5.38. The van der Waals surface area contributed by atoms with Gasteiger partial charge in [0.05, 0.1) is 13.7 Å². The van der Waals surface area contributed by atoms with Crippen LogP contribution in [0.4, 0.5) is 0 Å². The smallest absolute Gasteiger partial charge is 0.322 e. The second-order valence-corrected chi connectivity index (χ2v) is 5.38. The van der Waals surface area contributed by atoms with Gasteiger partial charge >= 0.3 is 5.97 Å². The molecule has 0 saturated heterocycles. The van der Waals surface area contributed by atoms with Crippen molar-refractivity contribution in [1.82, 2.24) is 4.90 Å². The summed E-state index contributed by atoms with van der Waals surface area (Å²) in [6.45, 7) is 2.43. The molecule has 0 spiro atoms. The zero-order valence-electron chi connectivity index (χ0n) is 13.4. The number of Topliss-reactive ketones (excluding diaryl/α,β-unsaturated/α-hetero) is 1. The Morgan fingerprint density at radius 3 is 2.13 bits per heavy atom. The molecule has 0 aromatic heterocycles. The van der Waals surface area contributed by atoms with Crippen molar-refractivity contribution in [3.63, 3.8) is 0 Å². The van der Waals surface area contributed by atoms with E-state index in [0.717, 1.165) is 5.56 Å². The van der Waals surface area contributed by atoms with E-state index in [1.54, 1.807) is 19.1 Å². The first kappa shape index (κ1) is 16.9. The molecule has 0 heterocycles. The zero-order valence-corrected chi connectivity index (χ0v) is 13.4. The van der Waals surface area contributed by atoms with Crippen molar-refractivity contribution in [2.75, 3.05) is 13.7 Å². The minimum Gasteiger partial charge on any atom is -0.468 e. The fraction of sp³-hybridized carbons (Fsp3) is 0.263. The summed E-state index contributed by atoms with van der Waals surface area (Å²) in [6, 6.07) is 18.4. The van der Waals surface area contributed by atoms with Crippen molar-refractivity contribution in [1.29, 1.82) is 0 Å². The number of esters is 1. The molecule has 0 fully saturated rings. The lowest BCUT2D eigenvalue weighted by Gasteiger charge is -2.26. The van der Waals surface area contributed by atoms with Gasteiger partial charge in [-0.05, 0) is 12.5 Å². The van der Waals surface area contributed by atoms with E-state index in [0.29, 0.717) is 12.1 Å². The summed E-state index contributed by atoms with van der Waals surface area (Å²) in [6.07, 6.45) is 0. The largest absolute Gasteiger partial charge is 0.468 e. The lowest BCUT2D eigenvalue weighted by Crippen LogP contribution is -2.42. The SMILES string of the molecule is COC(=O)[C@@H](C)N(CC(=O)c1ccccc1)Cc1ccccc1. The van der Waals surface area contributed by atoms with Crippen LogP contribution in [0.15, 0.2) is 60.7 Å². The van der Waals surface area contributed by atoms with Crippen molar-refractivity contribution in [2.24, 2.45) is 0 Å². The Morgan fingerprint density at radius 2 is 1.57 bits per heavy atom. The molecular formula is C19H21NO3. The van der Waals surface area contributed by atoms with Crippen molar-refractivity contribution in [3.8, 4) is 0 Å². The quantitative estimate of drug-likeness (QED) is 0.582. The highest BCUT2D eigenvalue weighted by Gasteiger charge is 2.24. The normalized spacial score (nSPS) is 12.0. The van der Waals surface area contributed by atoms with Gasteiger partial charge in [0.1, 0.15) is 6.04 Å². The molecular weight excluding hydrogens is 290 g/mol. The number of benzene rings is 2. The number of ether oxygens (including phenoxy) is 1. The molecule has 0 radical (unpaired) electrons. The number of hydrogen-bond acceptors (Lipinski definition) is 4. The van der Waals surface area contributed by atoms with Gasteiger partial charge in [-0.25, -0.2) is 0 Å². The lowest BCUT2D eigenvalue weighted by atomic mass is 10.1. The second kappa shape index (κ2) is 8.25. The fourth-order valence-electron chi connectivity index (χ4n) is 2.37. The van der Waals surface area contributed by atoms with E-state index in [1.807, 2.05) is 53.4 Å². The highest BCUT2D eigenvalue weighted by Crippen LogP contribution is 2.11. The van der Waals surface area contributed by atoms with Crippen LogP contribution >= 0.6 is 0 Å². The Hall–Kier alpha value is -2.46. The average Bonchev–Trinajstić information content (AvgIpc) is 2.61. The van der Waals surface area contributed by atoms with E-state index >= 15 is 0 Å². The van der Waals surface area contributed by atoms with Gasteiger partial charge < -0.3 is 4.74 Å². The van der Waals surface area contributed by atoms with Gasteiger partial charge in [-0.15, -0.1) is 0 Å². The van der Waals surface area contributed by atoms with Crippen LogP contribution in [-0.2, 0) is 16.1 Å². The maximum Gasteiger partial charge on any atom is 0.322 e. The highest BCUT2D eigenvalue weighted by atomic mass is 16.5. The summed E-state index contributed by atoms with van der Waals surface area (Å²) >= 11 is 0. The van der Waals surface area contributed by atoms with Crippen LogP contribution in [0.1, 0.15) is 22.8 Å². The van der Waals surface area contributed by atoms with Gasteiger partial charge in [0.15, 0.2) is 5.78 Å². The molecule has 0 N–H and O–H groups in total. The Kier molecular flexibility index (Phi) is 6.06. The topological polar surface area (TPSA) is 46.6 Å². The van der Waals surface area contributed by atoms with Crippen LogP contribution in [0.2, 0.25) is 0 Å². The molecule has 0 aliphatic heterocycles. The lowest BCUT2D eigenvalue weighted by molar-refractivity contribution is -0.146. The summed E-state index contributed by atoms with van der Waals surface area (Å²) < 4.78 is 4.83. The maximum absolute atomic E-state index is 12.5. The number of nitrogens with zero attached hydrogens (tertiary/aromatic N) is 1. The first-order valence-corrected chi connectivity index (χ1v) is 7.56. The Balaban J connectivity index is 2.16. The van der Waals surface area contributed by atoms with Crippen LogP contribution < -0.4 is 0 Å². The molecule has 23 heavy (non-hydrogen) atoms. The molecule has 2 aromatic carbocycles. The van der Waals surface area contributed by atoms with E-state index in [1.165, 1.54) is 7.11 Å². The number of hydrogen-bond donors (Lipinski definition) is 0. The summed E-state index contributed by atoms with van der Waals surface area (Å²) in [5.41, 5.74) is 1.69. The maximum atomic E-state index is 12.5. The Labute approximate surface area is 136 Å². The van der Waals surface area contributed by atoms with E-state index in [4.69, 9.17) is 4.74 Å². The van der Waals surface area contributed by atoms with E-state index in [-0.39, 0.29) is 18.3 Å². The number of carbonyl (C=O) groups is 2. The monoisotopic (exact) mass is 311 g/mol. The molecule has 1 atom stereocenters. The third-order valence-electron chi connectivity index (χ3n) is 3.76. The van der Waals surface area contributed by atoms with Crippen LogP contribution in [0.5, 0.6) is 0 Å². The molecule has 0 unspecified atom stereocenters. The number of carbonyl (C=O) groups excluding carboxylic acids is 2. The molecule has 120 valence electrons. The third kappa shape index (κ3) is 4.76. The minimum atomic E-state index is -0.493. The summed E-state index contributed by atoms with van der Waals surface area (Å²) in [7, 11) is 1.36. The molecule has 4 nitrogen and oxygen atoms in total. The van der Waals surface area contributed by atoms with Crippen LogP contribution in [0.25, 0.3) is 0 Å². The third-order valence-corrected chi connectivity index (χ3v) is 3.76. The molecule has 0 bridgehead atoms. The summed E-state index contributed by atoms with van der Waals surface area (Å²) in [5.74, 6) is -0.362. The molecule has 0 saturated carbocycles. The van der Waals surface area contributed by atoms with Gasteiger partial charge in [-0.3, -0.25) is 14.5 Å². The van der Waals surface area contributed by atoms with E-state index in [2.05, 4.69) is 0 Å². The van der Waals surface area contributed by atoms with Gasteiger partial charge in [0.25, 0.3) is 0 Å². The van der Waals surface area contributed by atoms with E-state index in [9.17, 15) is 9.59 Å². The number of ketones is 1. The fourth-order valence-corrected chi connectivity index (χ4v) is 2.37. The molecule has 4 heteroatoms. The molecule has 0 aliphatic rings. The van der Waals surface area contributed by atoms with Crippen molar-refractivity contribution in [2.45, 2.75) is 19.5 Å². The summed E-state index contributed by atoms with van der Waals surface area (Å²) in [4.78, 5) is 26.2. The standard InChI is InChI=1S/C19H21NO3/c1-15(19(22)23-2)20(13-16-9-5-3-6-10-16)14-18(21)17-11-7-4-8-12-17/h3-12,15H,13-14H2,1-2H3/t15-/m1/s1. The average molecular weight is 311 g/mol. The van der Waals surface area contributed by atoms with E-state index < -0.39 is 6.04 Å². The summed E-state index contributed by atoms with van der Waals surface area (Å²) in [5, 5.41) is 0. The van der Waals surface area contributed by atoms with Gasteiger partial charge in [0.2, 0.25) is 0 Å². The Morgan fingerprint density at radius 1 is 1.00 bits per heavy atom. The first-order chi connectivity index (χ1) is 11.1. The van der Waals surface area contributed by atoms with Crippen LogP contribution in [-0.4, -0.2) is 36.3 Å². The van der Waals surface area contributed by atoms with Crippen molar-refractivity contribution in [3.05, 3.63) is 71.8 Å².